The molecule has 4 aromatic rings. The summed E-state index contributed by atoms with van der Waals surface area (Å²) in [6.07, 6.45) is 2.06. The number of allylic oxidation sites excluding steroid dienone is 1. The molecule has 1 unspecified atom stereocenters. The maximum absolute atomic E-state index is 5.86. The molecule has 0 fully saturated rings. The molecule has 0 aliphatic carbocycles. The summed E-state index contributed by atoms with van der Waals surface area (Å²) >= 11 is 7.53. The number of rotatable bonds is 6. The number of thioether (sulfide) groups is 1. The van der Waals surface area contributed by atoms with Gasteiger partial charge in [-0.25, -0.2) is 0 Å². The number of nitrogens with one attached hydrogen (secondary N) is 1. The van der Waals surface area contributed by atoms with Gasteiger partial charge in [0.25, 0.3) is 5.89 Å². The molecule has 0 amide bonds. The Morgan fingerprint density at radius 2 is 1.69 bits per heavy atom. The lowest BCUT2D eigenvalue weighted by Gasteiger charge is -2.37. The SMILES string of the molecule is CSc1ccc(-c2noc(C3=C(C)N(Cc4ccccc4)C(=S)NC3c3ccc(C)cc3)n2)cc1. The molecule has 176 valence electrons. The van der Waals surface area contributed by atoms with Gasteiger partial charge in [0.05, 0.1) is 11.6 Å². The minimum absolute atomic E-state index is 0.192. The molecule has 0 radical (unpaired) electrons. The molecule has 35 heavy (non-hydrogen) atoms. The van der Waals surface area contributed by atoms with E-state index >= 15 is 0 Å². The minimum Gasteiger partial charge on any atom is -0.351 e. The van der Waals surface area contributed by atoms with E-state index in [1.54, 1.807) is 11.8 Å². The van der Waals surface area contributed by atoms with E-state index in [1.807, 2.05) is 30.3 Å². The molecule has 2 heterocycles. The Morgan fingerprint density at radius 3 is 2.37 bits per heavy atom. The normalized spacial score (nSPS) is 15.9. The highest BCUT2D eigenvalue weighted by atomic mass is 32.2. The van der Waals surface area contributed by atoms with Crippen LogP contribution in [0.15, 0.2) is 94.0 Å². The summed E-state index contributed by atoms with van der Waals surface area (Å²) in [5, 5.41) is 8.52. The molecular weight excluding hydrogens is 472 g/mol. The maximum atomic E-state index is 5.86. The van der Waals surface area contributed by atoms with Gasteiger partial charge in [0.15, 0.2) is 5.11 Å². The summed E-state index contributed by atoms with van der Waals surface area (Å²) < 4.78 is 5.86. The monoisotopic (exact) mass is 498 g/mol. The fourth-order valence-electron chi connectivity index (χ4n) is 4.21. The van der Waals surface area contributed by atoms with Crippen LogP contribution < -0.4 is 5.32 Å². The maximum Gasteiger partial charge on any atom is 0.258 e. The van der Waals surface area contributed by atoms with Crippen LogP contribution in [-0.4, -0.2) is 26.4 Å². The largest absolute Gasteiger partial charge is 0.351 e. The van der Waals surface area contributed by atoms with Crippen LogP contribution in [0.3, 0.4) is 0 Å². The van der Waals surface area contributed by atoms with Crippen LogP contribution in [0, 0.1) is 6.92 Å². The van der Waals surface area contributed by atoms with Gasteiger partial charge in [0, 0.05) is 22.7 Å². The van der Waals surface area contributed by atoms with Gasteiger partial charge in [0.1, 0.15) is 0 Å². The number of hydrogen-bond donors (Lipinski definition) is 1. The number of aryl methyl sites for hydroxylation is 1. The Kier molecular flexibility index (Phi) is 6.70. The number of nitrogens with zero attached hydrogens (tertiary/aromatic N) is 3. The summed E-state index contributed by atoms with van der Waals surface area (Å²) in [5.41, 5.74) is 6.31. The van der Waals surface area contributed by atoms with E-state index in [1.165, 1.54) is 16.0 Å². The van der Waals surface area contributed by atoms with Crippen molar-refractivity contribution in [2.45, 2.75) is 31.3 Å². The first-order valence-electron chi connectivity index (χ1n) is 11.4. The summed E-state index contributed by atoms with van der Waals surface area (Å²) in [5.74, 6) is 1.06. The highest BCUT2D eigenvalue weighted by molar-refractivity contribution is 7.98. The molecule has 0 saturated carbocycles. The van der Waals surface area contributed by atoms with Gasteiger partial charge in [-0.2, -0.15) is 4.98 Å². The molecule has 1 atom stereocenters. The van der Waals surface area contributed by atoms with Crippen molar-refractivity contribution in [3.8, 4) is 11.4 Å². The summed E-state index contributed by atoms with van der Waals surface area (Å²) in [6, 6.07) is 26.7. The summed E-state index contributed by atoms with van der Waals surface area (Å²) in [7, 11) is 0. The van der Waals surface area contributed by atoms with Gasteiger partial charge in [0.2, 0.25) is 5.82 Å². The standard InChI is InChI=1S/C28H26N4OS2/c1-18-9-11-21(12-10-18)25-24(19(2)32(28(34)29-25)17-20-7-5-4-6-8-20)27-30-26(31-33-27)22-13-15-23(35-3)16-14-22/h4-16,25H,17H2,1-3H3,(H,29,34). The minimum atomic E-state index is -0.192. The van der Waals surface area contributed by atoms with Crippen LogP contribution in [0.1, 0.15) is 35.5 Å². The van der Waals surface area contributed by atoms with Crippen molar-refractivity contribution < 1.29 is 4.52 Å². The number of aromatic nitrogens is 2. The molecular formula is C28H26N4OS2. The second kappa shape index (κ2) is 10.1. The van der Waals surface area contributed by atoms with Crippen molar-refractivity contribution in [3.05, 3.63) is 107 Å². The second-order valence-electron chi connectivity index (χ2n) is 8.52. The lowest BCUT2D eigenvalue weighted by molar-refractivity contribution is 0.396. The Bertz CT molecular complexity index is 1360. The van der Waals surface area contributed by atoms with Crippen LogP contribution in [0.5, 0.6) is 0 Å². The molecule has 0 bridgehead atoms. The lowest BCUT2D eigenvalue weighted by Crippen LogP contribution is -2.45. The average molecular weight is 499 g/mol. The topological polar surface area (TPSA) is 54.2 Å². The molecule has 0 saturated heterocycles. The predicted molar refractivity (Wildman–Crippen MR) is 146 cm³/mol. The molecule has 7 heteroatoms. The fraction of sp³-hybridized carbons (Fsp3) is 0.179. The van der Waals surface area contributed by atoms with Crippen LogP contribution in [-0.2, 0) is 6.54 Å². The van der Waals surface area contributed by atoms with Gasteiger partial charge in [-0.1, -0.05) is 65.3 Å². The number of benzene rings is 3. The lowest BCUT2D eigenvalue weighted by atomic mass is 9.94. The van der Waals surface area contributed by atoms with Crippen LogP contribution in [0.25, 0.3) is 17.0 Å². The van der Waals surface area contributed by atoms with Crippen molar-refractivity contribution in [2.24, 2.45) is 0 Å². The molecule has 5 rings (SSSR count). The number of hydrogen-bond acceptors (Lipinski definition) is 5. The van der Waals surface area contributed by atoms with E-state index in [0.29, 0.717) is 23.4 Å². The zero-order valence-electron chi connectivity index (χ0n) is 19.9. The van der Waals surface area contributed by atoms with Gasteiger partial charge in [-0.3, -0.25) is 0 Å². The van der Waals surface area contributed by atoms with E-state index in [2.05, 4.69) is 84.0 Å². The van der Waals surface area contributed by atoms with Crippen molar-refractivity contribution in [3.63, 3.8) is 0 Å². The molecule has 1 N–H and O–H groups in total. The average Bonchev–Trinajstić information content (AvgIpc) is 3.37. The van der Waals surface area contributed by atoms with E-state index in [0.717, 1.165) is 22.4 Å². The zero-order valence-corrected chi connectivity index (χ0v) is 21.5. The smallest absolute Gasteiger partial charge is 0.258 e. The highest BCUT2D eigenvalue weighted by Gasteiger charge is 2.34. The van der Waals surface area contributed by atoms with E-state index in [9.17, 15) is 0 Å². The molecule has 1 aliphatic heterocycles. The van der Waals surface area contributed by atoms with E-state index < -0.39 is 0 Å². The van der Waals surface area contributed by atoms with Gasteiger partial charge >= 0.3 is 0 Å². The van der Waals surface area contributed by atoms with Crippen LogP contribution >= 0.6 is 24.0 Å². The summed E-state index contributed by atoms with van der Waals surface area (Å²) in [4.78, 5) is 8.11. The van der Waals surface area contributed by atoms with Gasteiger partial charge < -0.3 is 14.7 Å². The third-order valence-corrected chi connectivity index (χ3v) is 7.28. The van der Waals surface area contributed by atoms with Crippen LogP contribution in [0.2, 0.25) is 0 Å². The van der Waals surface area contributed by atoms with Gasteiger partial charge in [-0.05, 0) is 67.7 Å². The van der Waals surface area contributed by atoms with Crippen molar-refractivity contribution in [2.75, 3.05) is 6.26 Å². The molecule has 0 spiro atoms. The Labute approximate surface area is 215 Å². The Hall–Kier alpha value is -3.42. The Balaban J connectivity index is 1.57. The molecule has 5 nitrogen and oxygen atoms in total. The van der Waals surface area contributed by atoms with Crippen molar-refractivity contribution in [1.29, 1.82) is 0 Å². The number of thiocarbonyl (C=S) groups is 1. The van der Waals surface area contributed by atoms with Crippen molar-refractivity contribution >= 4 is 34.7 Å². The fourth-order valence-corrected chi connectivity index (χ4v) is 4.94. The first-order chi connectivity index (χ1) is 17.0. The third-order valence-electron chi connectivity index (χ3n) is 6.20. The third kappa shape index (κ3) is 4.88. The first-order valence-corrected chi connectivity index (χ1v) is 13.0. The second-order valence-corrected chi connectivity index (χ2v) is 9.78. The van der Waals surface area contributed by atoms with Gasteiger partial charge in [-0.15, -0.1) is 11.8 Å². The quantitative estimate of drug-likeness (QED) is 0.236. The van der Waals surface area contributed by atoms with Crippen molar-refractivity contribution in [1.82, 2.24) is 20.4 Å². The molecule has 1 aliphatic rings. The molecule has 1 aromatic heterocycles. The highest BCUT2D eigenvalue weighted by Crippen LogP contribution is 2.38. The molecule has 3 aromatic carbocycles. The van der Waals surface area contributed by atoms with Crippen LogP contribution in [0.4, 0.5) is 0 Å². The Morgan fingerprint density at radius 1 is 0.971 bits per heavy atom. The van der Waals surface area contributed by atoms with E-state index in [4.69, 9.17) is 21.7 Å². The zero-order chi connectivity index (χ0) is 24.4. The summed E-state index contributed by atoms with van der Waals surface area (Å²) in [6.45, 7) is 4.81. The van der Waals surface area contributed by atoms with E-state index in [-0.39, 0.29) is 6.04 Å². The first kappa shape index (κ1) is 23.3. The predicted octanol–water partition coefficient (Wildman–Crippen LogP) is 6.63.